The van der Waals surface area contributed by atoms with Crippen molar-refractivity contribution in [1.29, 1.82) is 0 Å². The molecule has 0 aliphatic rings. The second-order valence-corrected chi connectivity index (χ2v) is 10.5. The Morgan fingerprint density at radius 1 is 0.943 bits per heavy atom. The number of carbonyl (C=O) groups excluding carboxylic acids is 2. The van der Waals surface area contributed by atoms with E-state index < -0.39 is 6.04 Å². The Bertz CT molecular complexity index is 1100. The number of aryl methyl sites for hydroxylation is 1. The summed E-state index contributed by atoms with van der Waals surface area (Å²) in [6.45, 7) is 6.18. The van der Waals surface area contributed by atoms with E-state index in [2.05, 4.69) is 36.5 Å². The van der Waals surface area contributed by atoms with E-state index in [0.717, 1.165) is 16.0 Å². The largest absolute Gasteiger partial charge is 0.352 e. The van der Waals surface area contributed by atoms with Gasteiger partial charge in [-0.05, 0) is 50.1 Å². The molecule has 6 heteroatoms. The van der Waals surface area contributed by atoms with E-state index >= 15 is 0 Å². The van der Waals surface area contributed by atoms with Crippen molar-refractivity contribution in [2.75, 3.05) is 5.75 Å². The average molecular weight is 509 g/mol. The van der Waals surface area contributed by atoms with Gasteiger partial charge >= 0.3 is 0 Å². The van der Waals surface area contributed by atoms with Gasteiger partial charge in [0, 0.05) is 41.1 Å². The molecule has 1 atom stereocenters. The molecule has 35 heavy (non-hydrogen) atoms. The maximum atomic E-state index is 13.6. The van der Waals surface area contributed by atoms with E-state index in [-0.39, 0.29) is 24.4 Å². The predicted octanol–water partition coefficient (Wildman–Crippen LogP) is 6.30. The lowest BCUT2D eigenvalue weighted by atomic mass is 10.0. The van der Waals surface area contributed by atoms with Gasteiger partial charge in [0.05, 0.1) is 0 Å². The van der Waals surface area contributed by atoms with Crippen LogP contribution < -0.4 is 5.32 Å². The van der Waals surface area contributed by atoms with E-state index in [1.807, 2.05) is 68.4 Å². The molecule has 4 nitrogen and oxygen atoms in total. The summed E-state index contributed by atoms with van der Waals surface area (Å²) in [4.78, 5) is 29.8. The minimum atomic E-state index is -0.645. The van der Waals surface area contributed by atoms with E-state index in [9.17, 15) is 9.59 Å². The summed E-state index contributed by atoms with van der Waals surface area (Å²) >= 11 is 8.10. The van der Waals surface area contributed by atoms with Crippen LogP contribution in [0.1, 0.15) is 37.0 Å². The Balaban J connectivity index is 1.85. The lowest BCUT2D eigenvalue weighted by Crippen LogP contribution is -2.51. The van der Waals surface area contributed by atoms with E-state index in [0.29, 0.717) is 23.6 Å². The highest BCUT2D eigenvalue weighted by Crippen LogP contribution is 2.23. The highest BCUT2D eigenvalue weighted by Gasteiger charge is 2.30. The molecule has 0 aliphatic carbocycles. The number of halogens is 1. The van der Waals surface area contributed by atoms with Gasteiger partial charge in [0.2, 0.25) is 11.8 Å². The van der Waals surface area contributed by atoms with Gasteiger partial charge in [-0.2, -0.15) is 0 Å². The third-order valence-corrected chi connectivity index (χ3v) is 6.99. The number of thioether (sulfide) groups is 1. The van der Waals surface area contributed by atoms with Gasteiger partial charge in [0.1, 0.15) is 6.04 Å². The highest BCUT2D eigenvalue weighted by atomic mass is 35.5. The molecule has 0 spiro atoms. The minimum absolute atomic E-state index is 0.0323. The van der Waals surface area contributed by atoms with E-state index in [4.69, 9.17) is 11.6 Å². The first-order chi connectivity index (χ1) is 16.8. The topological polar surface area (TPSA) is 49.4 Å². The van der Waals surface area contributed by atoms with Gasteiger partial charge in [0.25, 0.3) is 0 Å². The van der Waals surface area contributed by atoms with Crippen molar-refractivity contribution < 1.29 is 9.59 Å². The molecule has 0 bridgehead atoms. The average Bonchev–Trinajstić information content (AvgIpc) is 2.83. The summed E-state index contributed by atoms with van der Waals surface area (Å²) in [6.07, 6.45) is 0.754. The Kier molecular flexibility index (Phi) is 10.2. The van der Waals surface area contributed by atoms with Crippen molar-refractivity contribution in [3.8, 4) is 0 Å². The maximum absolute atomic E-state index is 13.6. The number of carbonyl (C=O) groups is 2. The van der Waals surface area contributed by atoms with Crippen LogP contribution in [0.5, 0.6) is 0 Å². The molecule has 3 aromatic carbocycles. The van der Waals surface area contributed by atoms with Crippen LogP contribution in [0.3, 0.4) is 0 Å². The van der Waals surface area contributed by atoms with Crippen molar-refractivity contribution in [3.05, 3.63) is 101 Å². The van der Waals surface area contributed by atoms with Gasteiger partial charge in [-0.15, -0.1) is 11.8 Å². The summed E-state index contributed by atoms with van der Waals surface area (Å²) in [7, 11) is 0. The quantitative estimate of drug-likeness (QED) is 0.309. The van der Waals surface area contributed by atoms with Crippen molar-refractivity contribution in [2.24, 2.45) is 0 Å². The summed E-state index contributed by atoms with van der Waals surface area (Å²) < 4.78 is 0. The monoisotopic (exact) mass is 508 g/mol. The van der Waals surface area contributed by atoms with Gasteiger partial charge < -0.3 is 10.2 Å². The Hall–Kier alpha value is -2.76. The van der Waals surface area contributed by atoms with Crippen molar-refractivity contribution in [2.45, 2.75) is 57.1 Å². The van der Waals surface area contributed by atoms with Crippen molar-refractivity contribution in [1.82, 2.24) is 10.2 Å². The SMILES string of the molecule is Cc1ccc(SCCC(=O)N(Cc2ccccc2Cl)[C@@H](Cc2ccccc2)C(=O)NC(C)C)cc1. The third kappa shape index (κ3) is 8.44. The first-order valence-corrected chi connectivity index (χ1v) is 13.3. The zero-order chi connectivity index (χ0) is 25.2. The molecule has 2 amide bonds. The van der Waals surface area contributed by atoms with Crippen LogP contribution in [0.2, 0.25) is 5.02 Å². The molecule has 184 valence electrons. The van der Waals surface area contributed by atoms with Crippen LogP contribution in [0.25, 0.3) is 0 Å². The molecule has 0 heterocycles. The standard InChI is InChI=1S/C29H33ClN2O2S/c1-21(2)31-29(34)27(19-23-9-5-4-6-10-23)32(20-24-11-7-8-12-26(24)30)28(33)17-18-35-25-15-13-22(3)14-16-25/h4-16,21,27H,17-20H2,1-3H3,(H,31,34)/t27-/m0/s1. The second kappa shape index (κ2) is 13.4. The predicted molar refractivity (Wildman–Crippen MR) is 146 cm³/mol. The zero-order valence-corrected chi connectivity index (χ0v) is 22.1. The summed E-state index contributed by atoms with van der Waals surface area (Å²) in [6, 6.07) is 24.9. The number of hydrogen-bond acceptors (Lipinski definition) is 3. The molecule has 0 aliphatic heterocycles. The molecule has 0 unspecified atom stereocenters. The van der Waals surface area contributed by atoms with Gasteiger partial charge in [0.15, 0.2) is 0 Å². The van der Waals surface area contributed by atoms with Crippen LogP contribution in [0.4, 0.5) is 0 Å². The molecule has 3 rings (SSSR count). The fourth-order valence-corrected chi connectivity index (χ4v) is 4.82. The van der Waals surface area contributed by atoms with Crippen LogP contribution in [-0.4, -0.2) is 34.6 Å². The minimum Gasteiger partial charge on any atom is -0.352 e. The van der Waals surface area contributed by atoms with Crippen molar-refractivity contribution in [3.63, 3.8) is 0 Å². The van der Waals surface area contributed by atoms with Crippen molar-refractivity contribution >= 4 is 35.2 Å². The fourth-order valence-electron chi connectivity index (χ4n) is 3.78. The van der Waals surface area contributed by atoms with E-state index in [1.165, 1.54) is 5.56 Å². The molecule has 0 saturated carbocycles. The Morgan fingerprint density at radius 2 is 1.60 bits per heavy atom. The molecule has 3 aromatic rings. The number of hydrogen-bond donors (Lipinski definition) is 1. The third-order valence-electron chi connectivity index (χ3n) is 5.61. The van der Waals surface area contributed by atoms with Gasteiger partial charge in [-0.25, -0.2) is 0 Å². The lowest BCUT2D eigenvalue weighted by Gasteiger charge is -2.32. The van der Waals surface area contributed by atoms with Crippen LogP contribution >= 0.6 is 23.4 Å². The number of nitrogens with one attached hydrogen (secondary N) is 1. The molecule has 0 aromatic heterocycles. The second-order valence-electron chi connectivity index (χ2n) is 8.89. The molecule has 0 fully saturated rings. The first kappa shape index (κ1) is 26.8. The van der Waals surface area contributed by atoms with Gasteiger partial charge in [-0.3, -0.25) is 9.59 Å². The number of amides is 2. The fraction of sp³-hybridized carbons (Fsp3) is 0.310. The summed E-state index contributed by atoms with van der Waals surface area (Å²) in [5, 5.41) is 3.60. The molecular formula is C29H33ClN2O2S. The summed E-state index contributed by atoms with van der Waals surface area (Å²) in [5.41, 5.74) is 3.03. The van der Waals surface area contributed by atoms with Crippen LogP contribution in [-0.2, 0) is 22.6 Å². The number of nitrogens with zero attached hydrogens (tertiary/aromatic N) is 1. The number of rotatable bonds is 11. The zero-order valence-electron chi connectivity index (χ0n) is 20.5. The lowest BCUT2D eigenvalue weighted by molar-refractivity contribution is -0.141. The van der Waals surface area contributed by atoms with Gasteiger partial charge in [-0.1, -0.05) is 77.8 Å². The Morgan fingerprint density at radius 3 is 2.26 bits per heavy atom. The maximum Gasteiger partial charge on any atom is 0.243 e. The Labute approximate surface area is 218 Å². The molecule has 0 saturated heterocycles. The van der Waals surface area contributed by atoms with Crippen LogP contribution in [0.15, 0.2) is 83.8 Å². The molecule has 0 radical (unpaired) electrons. The first-order valence-electron chi connectivity index (χ1n) is 11.9. The molecule has 1 N–H and O–H groups in total. The highest BCUT2D eigenvalue weighted by molar-refractivity contribution is 7.99. The van der Waals surface area contributed by atoms with Crippen LogP contribution in [0, 0.1) is 6.92 Å². The normalized spacial score (nSPS) is 11.8. The number of benzene rings is 3. The van der Waals surface area contributed by atoms with E-state index in [1.54, 1.807) is 16.7 Å². The summed E-state index contributed by atoms with van der Waals surface area (Å²) in [5.74, 6) is 0.407. The smallest absolute Gasteiger partial charge is 0.243 e. The molecular weight excluding hydrogens is 476 g/mol.